The number of aromatic nitrogens is 1. The molecule has 0 radical (unpaired) electrons. The van der Waals surface area contributed by atoms with Crippen LogP contribution in [0.15, 0.2) is 12.3 Å². The SMILES string of the molecule is Cc1cc(Cl)ncc1O[C@H]1CO[C@H]2[C@@H]1OC[C@@H]2NC(=O)NC1CCCCC1. The summed E-state index contributed by atoms with van der Waals surface area (Å²) in [5, 5.41) is 6.53. The van der Waals surface area contributed by atoms with Crippen LogP contribution in [0.4, 0.5) is 4.79 Å². The van der Waals surface area contributed by atoms with Crippen LogP contribution in [0.2, 0.25) is 5.15 Å². The quantitative estimate of drug-likeness (QED) is 0.766. The number of hydrogen-bond acceptors (Lipinski definition) is 5. The number of carbonyl (C=O) groups excluding carboxylic acids is 1. The lowest BCUT2D eigenvalue weighted by molar-refractivity contribution is 0.0299. The number of ether oxygens (including phenoxy) is 3. The number of carbonyl (C=O) groups is 1. The molecule has 1 aromatic heterocycles. The molecule has 7 nitrogen and oxygen atoms in total. The second-order valence-electron chi connectivity index (χ2n) is 7.58. The molecule has 27 heavy (non-hydrogen) atoms. The fourth-order valence-electron chi connectivity index (χ4n) is 4.13. The average Bonchev–Trinajstić information content (AvgIpc) is 3.22. The smallest absolute Gasteiger partial charge is 0.315 e. The maximum absolute atomic E-state index is 12.3. The summed E-state index contributed by atoms with van der Waals surface area (Å²) in [6.07, 6.45) is 6.72. The lowest BCUT2D eigenvalue weighted by atomic mass is 9.96. The molecule has 2 N–H and O–H groups in total. The second kappa shape index (κ2) is 8.20. The molecule has 0 spiro atoms. The van der Waals surface area contributed by atoms with Crippen molar-refractivity contribution in [1.29, 1.82) is 0 Å². The largest absolute Gasteiger partial charge is 0.483 e. The number of fused-ring (bicyclic) bond motifs is 1. The summed E-state index contributed by atoms with van der Waals surface area (Å²) in [7, 11) is 0. The van der Waals surface area contributed by atoms with Gasteiger partial charge in [-0.25, -0.2) is 9.78 Å². The molecule has 0 aromatic carbocycles. The van der Waals surface area contributed by atoms with Gasteiger partial charge in [0.05, 0.1) is 25.5 Å². The molecule has 0 unspecified atom stereocenters. The van der Waals surface area contributed by atoms with E-state index < -0.39 is 0 Å². The molecule has 1 saturated carbocycles. The fraction of sp³-hybridized carbons (Fsp3) is 0.684. The van der Waals surface area contributed by atoms with Gasteiger partial charge in [0, 0.05) is 6.04 Å². The second-order valence-corrected chi connectivity index (χ2v) is 7.97. The van der Waals surface area contributed by atoms with Crippen molar-refractivity contribution in [3.05, 3.63) is 23.0 Å². The van der Waals surface area contributed by atoms with Crippen LogP contribution in [-0.4, -0.2) is 54.6 Å². The molecule has 4 atom stereocenters. The summed E-state index contributed by atoms with van der Waals surface area (Å²) in [5.41, 5.74) is 0.915. The zero-order valence-electron chi connectivity index (χ0n) is 15.4. The van der Waals surface area contributed by atoms with Crippen LogP contribution < -0.4 is 15.4 Å². The first kappa shape index (κ1) is 18.8. The van der Waals surface area contributed by atoms with Gasteiger partial charge in [0.25, 0.3) is 0 Å². The van der Waals surface area contributed by atoms with Crippen LogP contribution in [0.3, 0.4) is 0 Å². The van der Waals surface area contributed by atoms with E-state index in [0.717, 1.165) is 18.4 Å². The molecule has 3 heterocycles. The van der Waals surface area contributed by atoms with Gasteiger partial charge in [-0.1, -0.05) is 30.9 Å². The summed E-state index contributed by atoms with van der Waals surface area (Å²) in [6.45, 7) is 2.76. The number of pyridine rings is 1. The van der Waals surface area contributed by atoms with Crippen LogP contribution in [0.25, 0.3) is 0 Å². The van der Waals surface area contributed by atoms with Crippen LogP contribution in [0.1, 0.15) is 37.7 Å². The van der Waals surface area contributed by atoms with Crippen molar-refractivity contribution in [1.82, 2.24) is 15.6 Å². The predicted molar refractivity (Wildman–Crippen MR) is 100 cm³/mol. The normalized spacial score (nSPS) is 30.7. The molecular weight excluding hydrogens is 370 g/mol. The Morgan fingerprint density at radius 2 is 1.96 bits per heavy atom. The summed E-state index contributed by atoms with van der Waals surface area (Å²) < 4.78 is 17.8. The number of urea groups is 1. The van der Waals surface area contributed by atoms with Crippen LogP contribution in [-0.2, 0) is 9.47 Å². The van der Waals surface area contributed by atoms with E-state index in [2.05, 4.69) is 15.6 Å². The van der Waals surface area contributed by atoms with Gasteiger partial charge in [0.15, 0.2) is 6.10 Å². The van der Waals surface area contributed by atoms with E-state index >= 15 is 0 Å². The molecule has 2 amide bonds. The monoisotopic (exact) mass is 395 g/mol. The maximum Gasteiger partial charge on any atom is 0.315 e. The van der Waals surface area contributed by atoms with E-state index in [1.54, 1.807) is 12.3 Å². The van der Waals surface area contributed by atoms with Crippen LogP contribution in [0, 0.1) is 6.92 Å². The molecule has 1 aliphatic carbocycles. The van der Waals surface area contributed by atoms with Crippen molar-refractivity contribution in [2.45, 2.75) is 69.4 Å². The van der Waals surface area contributed by atoms with Crippen LogP contribution in [0.5, 0.6) is 5.75 Å². The first-order valence-electron chi connectivity index (χ1n) is 9.69. The molecule has 3 aliphatic rings. The van der Waals surface area contributed by atoms with Gasteiger partial charge < -0.3 is 24.8 Å². The summed E-state index contributed by atoms with van der Waals surface area (Å²) in [4.78, 5) is 16.4. The number of hydrogen-bond donors (Lipinski definition) is 2. The topological polar surface area (TPSA) is 81.7 Å². The van der Waals surface area contributed by atoms with Crippen molar-refractivity contribution < 1.29 is 19.0 Å². The predicted octanol–water partition coefficient (Wildman–Crippen LogP) is 2.59. The zero-order valence-corrected chi connectivity index (χ0v) is 16.2. The Morgan fingerprint density at radius 1 is 1.19 bits per heavy atom. The molecule has 3 fully saturated rings. The minimum Gasteiger partial charge on any atom is -0.483 e. The first-order chi connectivity index (χ1) is 13.1. The molecule has 0 bridgehead atoms. The zero-order chi connectivity index (χ0) is 18.8. The van der Waals surface area contributed by atoms with Crippen molar-refractivity contribution in [3.8, 4) is 5.75 Å². The van der Waals surface area contributed by atoms with E-state index in [4.69, 9.17) is 25.8 Å². The summed E-state index contributed by atoms with van der Waals surface area (Å²) >= 11 is 5.90. The molecular formula is C19H26ClN3O4. The van der Waals surface area contributed by atoms with Gasteiger partial charge in [-0.2, -0.15) is 0 Å². The van der Waals surface area contributed by atoms with Crippen molar-refractivity contribution in [3.63, 3.8) is 0 Å². The maximum atomic E-state index is 12.3. The fourth-order valence-corrected chi connectivity index (χ4v) is 4.34. The number of halogens is 1. The Bertz CT molecular complexity index is 683. The van der Waals surface area contributed by atoms with E-state index in [-0.39, 0.29) is 36.4 Å². The Morgan fingerprint density at radius 3 is 2.74 bits per heavy atom. The third-order valence-corrected chi connectivity index (χ3v) is 5.78. The minimum absolute atomic E-state index is 0.137. The number of nitrogens with one attached hydrogen (secondary N) is 2. The highest BCUT2D eigenvalue weighted by molar-refractivity contribution is 6.29. The third-order valence-electron chi connectivity index (χ3n) is 5.57. The van der Waals surface area contributed by atoms with Crippen LogP contribution >= 0.6 is 11.6 Å². The van der Waals surface area contributed by atoms with Gasteiger partial charge in [0.1, 0.15) is 23.1 Å². The minimum atomic E-state index is -0.232. The Kier molecular flexibility index (Phi) is 5.71. The number of aryl methyl sites for hydroxylation is 1. The van der Waals surface area contributed by atoms with E-state index in [0.29, 0.717) is 24.1 Å². The lowest BCUT2D eigenvalue weighted by Crippen LogP contribution is -2.51. The van der Waals surface area contributed by atoms with Gasteiger partial charge in [0.2, 0.25) is 0 Å². The first-order valence-corrected chi connectivity index (χ1v) is 10.1. The third kappa shape index (κ3) is 4.31. The molecule has 148 valence electrons. The number of nitrogens with zero attached hydrogens (tertiary/aromatic N) is 1. The molecule has 4 rings (SSSR count). The summed E-state index contributed by atoms with van der Waals surface area (Å²) in [6, 6.07) is 1.73. The number of amides is 2. The Balaban J connectivity index is 1.31. The lowest BCUT2D eigenvalue weighted by Gasteiger charge is -2.24. The van der Waals surface area contributed by atoms with Gasteiger partial charge in [-0.05, 0) is 31.4 Å². The van der Waals surface area contributed by atoms with Gasteiger partial charge in [-0.15, -0.1) is 0 Å². The van der Waals surface area contributed by atoms with E-state index in [9.17, 15) is 4.79 Å². The Labute approximate surface area is 164 Å². The Hall–Kier alpha value is -1.57. The number of rotatable bonds is 4. The molecule has 2 aliphatic heterocycles. The van der Waals surface area contributed by atoms with E-state index in [1.165, 1.54) is 19.3 Å². The van der Waals surface area contributed by atoms with Gasteiger partial charge >= 0.3 is 6.03 Å². The van der Waals surface area contributed by atoms with E-state index in [1.807, 2.05) is 6.92 Å². The van der Waals surface area contributed by atoms with Gasteiger partial charge in [-0.3, -0.25) is 0 Å². The molecule has 8 heteroatoms. The molecule has 1 aromatic rings. The standard InChI is InChI=1S/C19H26ClN3O4/c1-11-7-16(20)21-8-14(11)27-15-10-26-17-13(9-25-18(15)17)23-19(24)22-12-5-3-2-4-6-12/h7-8,12-13,15,17-18H,2-6,9-10H2,1H3,(H2,22,23,24)/t13-,15-,17+,18+/m0/s1. The van der Waals surface area contributed by atoms with Crippen molar-refractivity contribution in [2.24, 2.45) is 0 Å². The summed E-state index contributed by atoms with van der Waals surface area (Å²) in [5.74, 6) is 0.670. The highest BCUT2D eigenvalue weighted by Gasteiger charge is 2.49. The van der Waals surface area contributed by atoms with Crippen molar-refractivity contribution >= 4 is 17.6 Å². The highest BCUT2D eigenvalue weighted by atomic mass is 35.5. The van der Waals surface area contributed by atoms with Crippen molar-refractivity contribution in [2.75, 3.05) is 13.2 Å². The highest BCUT2D eigenvalue weighted by Crippen LogP contribution is 2.31. The molecule has 2 saturated heterocycles. The average molecular weight is 396 g/mol.